The number of rotatable bonds is 5. The van der Waals surface area contributed by atoms with Crippen LogP contribution in [0.4, 0.5) is 5.69 Å². The maximum Gasteiger partial charge on any atom is 0.270 e. The minimum atomic E-state index is -0.840. The van der Waals surface area contributed by atoms with Crippen molar-refractivity contribution in [3.63, 3.8) is 0 Å². The lowest BCUT2D eigenvalue weighted by Crippen LogP contribution is -2.53. The van der Waals surface area contributed by atoms with Crippen LogP contribution in [-0.2, 0) is 4.79 Å². The quantitative estimate of drug-likeness (QED) is 0.905. The number of hydrogen-bond donors (Lipinski definition) is 1. The summed E-state index contributed by atoms with van der Waals surface area (Å²) < 4.78 is 5.89. The number of nitrogens with two attached hydrogens (primary N) is 1. The summed E-state index contributed by atoms with van der Waals surface area (Å²) in [5, 5.41) is 0. The SMILES string of the molecule is CCC(N)c1ccc2c(c1)N(CCN(C)C)C(=O)C(C)(C)O2. The van der Waals surface area contributed by atoms with E-state index in [1.165, 1.54) is 0 Å². The third-order valence-corrected chi connectivity index (χ3v) is 4.04. The van der Waals surface area contributed by atoms with Crippen molar-refractivity contribution in [2.75, 3.05) is 32.1 Å². The van der Waals surface area contributed by atoms with Crippen molar-refractivity contribution >= 4 is 11.6 Å². The van der Waals surface area contributed by atoms with Gasteiger partial charge < -0.3 is 20.3 Å². The molecule has 1 heterocycles. The molecule has 1 aromatic rings. The molecule has 0 radical (unpaired) electrons. The molecule has 122 valence electrons. The molecule has 1 aliphatic heterocycles. The van der Waals surface area contributed by atoms with Crippen LogP contribution in [0.25, 0.3) is 0 Å². The Morgan fingerprint density at radius 1 is 1.36 bits per heavy atom. The van der Waals surface area contributed by atoms with Crippen LogP contribution < -0.4 is 15.4 Å². The molecule has 0 aromatic heterocycles. The topological polar surface area (TPSA) is 58.8 Å². The van der Waals surface area contributed by atoms with E-state index in [9.17, 15) is 4.79 Å². The molecule has 1 unspecified atom stereocenters. The first-order valence-corrected chi connectivity index (χ1v) is 7.81. The average molecular weight is 305 g/mol. The lowest BCUT2D eigenvalue weighted by molar-refractivity contribution is -0.132. The third-order valence-electron chi connectivity index (χ3n) is 4.04. The van der Waals surface area contributed by atoms with Crippen molar-refractivity contribution in [1.29, 1.82) is 0 Å². The highest BCUT2D eigenvalue weighted by Crippen LogP contribution is 2.39. The van der Waals surface area contributed by atoms with E-state index in [1.807, 2.05) is 51.0 Å². The summed E-state index contributed by atoms with van der Waals surface area (Å²) in [5.74, 6) is 0.736. The van der Waals surface area contributed by atoms with Crippen LogP contribution in [0.3, 0.4) is 0 Å². The summed E-state index contributed by atoms with van der Waals surface area (Å²) >= 11 is 0. The minimum Gasteiger partial charge on any atom is -0.476 e. The van der Waals surface area contributed by atoms with Gasteiger partial charge in [0.15, 0.2) is 5.60 Å². The monoisotopic (exact) mass is 305 g/mol. The first-order chi connectivity index (χ1) is 10.3. The van der Waals surface area contributed by atoms with Crippen molar-refractivity contribution in [2.45, 2.75) is 38.8 Å². The fourth-order valence-electron chi connectivity index (χ4n) is 2.57. The number of anilines is 1. The number of fused-ring (bicyclic) bond motifs is 1. The molecule has 5 nitrogen and oxygen atoms in total. The van der Waals surface area contributed by atoms with Crippen LogP contribution >= 0.6 is 0 Å². The van der Waals surface area contributed by atoms with Gasteiger partial charge in [-0.3, -0.25) is 4.79 Å². The number of ether oxygens (including phenoxy) is 1. The Kier molecular flexibility index (Phi) is 4.78. The number of amides is 1. The number of hydrogen-bond acceptors (Lipinski definition) is 4. The van der Waals surface area contributed by atoms with Crippen molar-refractivity contribution in [3.05, 3.63) is 23.8 Å². The number of benzene rings is 1. The van der Waals surface area contributed by atoms with Crippen LogP contribution in [0.2, 0.25) is 0 Å². The number of likely N-dealkylation sites (N-methyl/N-ethyl adjacent to an activating group) is 1. The Hall–Kier alpha value is -1.59. The standard InChI is InChI=1S/C17H27N3O2/c1-6-13(18)12-7-8-15-14(11-12)20(10-9-19(4)5)16(21)17(2,3)22-15/h7-8,11,13H,6,9-10,18H2,1-5H3. The van der Waals surface area contributed by atoms with E-state index < -0.39 is 5.60 Å². The maximum atomic E-state index is 12.7. The molecule has 22 heavy (non-hydrogen) atoms. The lowest BCUT2D eigenvalue weighted by atomic mass is 10.00. The third kappa shape index (κ3) is 3.25. The molecule has 2 N–H and O–H groups in total. The highest BCUT2D eigenvalue weighted by Gasteiger charge is 2.40. The molecule has 1 amide bonds. The largest absolute Gasteiger partial charge is 0.476 e. The first-order valence-electron chi connectivity index (χ1n) is 7.81. The lowest BCUT2D eigenvalue weighted by Gasteiger charge is -2.39. The van der Waals surface area contributed by atoms with E-state index in [2.05, 4.69) is 11.8 Å². The van der Waals surface area contributed by atoms with Gasteiger partial charge in [-0.1, -0.05) is 13.0 Å². The molecule has 0 fully saturated rings. The van der Waals surface area contributed by atoms with Gasteiger partial charge in [-0.2, -0.15) is 0 Å². The predicted octanol–water partition coefficient (Wildman–Crippen LogP) is 2.16. The fourth-order valence-corrected chi connectivity index (χ4v) is 2.57. The smallest absolute Gasteiger partial charge is 0.270 e. The summed E-state index contributed by atoms with van der Waals surface area (Å²) in [7, 11) is 4.00. The summed E-state index contributed by atoms with van der Waals surface area (Å²) in [6.45, 7) is 7.11. The zero-order chi connectivity index (χ0) is 16.5. The Morgan fingerprint density at radius 2 is 2.05 bits per heavy atom. The Balaban J connectivity index is 2.41. The van der Waals surface area contributed by atoms with Gasteiger partial charge >= 0.3 is 0 Å². The van der Waals surface area contributed by atoms with Crippen LogP contribution in [0.15, 0.2) is 18.2 Å². The van der Waals surface area contributed by atoms with Gasteiger partial charge in [0.2, 0.25) is 0 Å². The molecule has 1 aliphatic rings. The molecule has 0 bridgehead atoms. The molecule has 2 rings (SSSR count). The normalized spacial score (nSPS) is 18.1. The molecular weight excluding hydrogens is 278 g/mol. The van der Waals surface area contributed by atoms with Gasteiger partial charge in [0.1, 0.15) is 5.75 Å². The molecule has 0 saturated heterocycles. The second kappa shape index (κ2) is 6.26. The summed E-state index contributed by atoms with van der Waals surface area (Å²) in [5.41, 5.74) is 7.15. The Morgan fingerprint density at radius 3 is 2.64 bits per heavy atom. The van der Waals surface area contributed by atoms with E-state index in [0.717, 1.165) is 30.0 Å². The average Bonchev–Trinajstić information content (AvgIpc) is 2.46. The zero-order valence-corrected chi connectivity index (χ0v) is 14.2. The summed E-state index contributed by atoms with van der Waals surface area (Å²) in [6.07, 6.45) is 0.858. The van der Waals surface area contributed by atoms with Crippen LogP contribution in [-0.4, -0.2) is 43.6 Å². The predicted molar refractivity (Wildman–Crippen MR) is 89.3 cm³/mol. The molecular formula is C17H27N3O2. The molecule has 5 heteroatoms. The molecule has 1 aromatic carbocycles. The Bertz CT molecular complexity index is 555. The van der Waals surface area contributed by atoms with Crippen molar-refractivity contribution in [1.82, 2.24) is 4.90 Å². The van der Waals surface area contributed by atoms with Crippen LogP contribution in [0.1, 0.15) is 38.8 Å². The van der Waals surface area contributed by atoms with E-state index in [1.54, 1.807) is 0 Å². The van der Waals surface area contributed by atoms with Gasteiger partial charge in [-0.15, -0.1) is 0 Å². The maximum absolute atomic E-state index is 12.7. The van der Waals surface area contributed by atoms with Gasteiger partial charge in [0.25, 0.3) is 5.91 Å². The van der Waals surface area contributed by atoms with Crippen LogP contribution in [0, 0.1) is 0 Å². The highest BCUT2D eigenvalue weighted by molar-refractivity contribution is 6.02. The molecule has 0 spiro atoms. The van der Waals surface area contributed by atoms with E-state index in [-0.39, 0.29) is 11.9 Å². The van der Waals surface area contributed by atoms with Crippen molar-refractivity contribution in [2.24, 2.45) is 5.73 Å². The van der Waals surface area contributed by atoms with Gasteiger partial charge in [0.05, 0.1) is 5.69 Å². The molecule has 0 aliphatic carbocycles. The van der Waals surface area contributed by atoms with E-state index in [0.29, 0.717) is 6.54 Å². The summed E-state index contributed by atoms with van der Waals surface area (Å²) in [6, 6.07) is 5.89. The van der Waals surface area contributed by atoms with E-state index >= 15 is 0 Å². The molecule has 0 saturated carbocycles. The van der Waals surface area contributed by atoms with Gasteiger partial charge in [-0.25, -0.2) is 0 Å². The first kappa shape index (κ1) is 16.8. The van der Waals surface area contributed by atoms with Crippen LogP contribution in [0.5, 0.6) is 5.75 Å². The molecule has 1 atom stereocenters. The fraction of sp³-hybridized carbons (Fsp3) is 0.588. The Labute approximate surface area is 133 Å². The van der Waals surface area contributed by atoms with Crippen molar-refractivity contribution < 1.29 is 9.53 Å². The second-order valence-electron chi connectivity index (χ2n) is 6.61. The van der Waals surface area contributed by atoms with Gasteiger partial charge in [-0.05, 0) is 52.1 Å². The minimum absolute atomic E-state index is 0.0101. The van der Waals surface area contributed by atoms with E-state index in [4.69, 9.17) is 10.5 Å². The number of nitrogens with zero attached hydrogens (tertiary/aromatic N) is 2. The second-order valence-corrected chi connectivity index (χ2v) is 6.61. The summed E-state index contributed by atoms with van der Waals surface area (Å²) in [4.78, 5) is 16.6. The van der Waals surface area contributed by atoms with Crippen molar-refractivity contribution in [3.8, 4) is 5.75 Å². The number of carbonyl (C=O) groups excluding carboxylic acids is 1. The zero-order valence-electron chi connectivity index (χ0n) is 14.2. The number of carbonyl (C=O) groups is 1. The van der Waals surface area contributed by atoms with Gasteiger partial charge in [0, 0.05) is 19.1 Å². The highest BCUT2D eigenvalue weighted by atomic mass is 16.5.